The lowest BCUT2D eigenvalue weighted by Crippen LogP contribution is -2.53. The normalized spacial score (nSPS) is 25.5. The molecule has 2 fully saturated rings. The van der Waals surface area contributed by atoms with Crippen molar-refractivity contribution in [2.45, 2.75) is 115 Å². The summed E-state index contributed by atoms with van der Waals surface area (Å²) in [7, 11) is -1.99. The Morgan fingerprint density at radius 1 is 0.690 bits per heavy atom. The molecule has 4 atom stereocenters. The van der Waals surface area contributed by atoms with Crippen molar-refractivity contribution in [3.05, 3.63) is 71.8 Å². The molecule has 7 nitrogen and oxygen atoms in total. The zero-order chi connectivity index (χ0) is 30.4. The molecule has 0 N–H and O–H groups in total. The fourth-order valence-electron chi connectivity index (χ4n) is 6.87. The Balaban J connectivity index is 1.49. The van der Waals surface area contributed by atoms with E-state index in [-0.39, 0.29) is 13.2 Å². The summed E-state index contributed by atoms with van der Waals surface area (Å²) in [6.45, 7) is 20.0. The van der Waals surface area contributed by atoms with E-state index in [1.54, 1.807) is 0 Å². The molecule has 0 radical (unpaired) electrons. The minimum Gasteiger partial charge on any atom is -0.414 e. The highest BCUT2D eigenvalue weighted by Crippen LogP contribution is 2.45. The van der Waals surface area contributed by atoms with E-state index >= 15 is 0 Å². The van der Waals surface area contributed by atoms with E-state index in [1.165, 1.54) is 0 Å². The first kappa shape index (κ1) is 33.3. The van der Waals surface area contributed by atoms with E-state index in [9.17, 15) is 0 Å². The summed E-state index contributed by atoms with van der Waals surface area (Å²) in [6.07, 6.45) is -1.45. The number of rotatable bonds is 16. The molecule has 2 aliphatic heterocycles. The van der Waals surface area contributed by atoms with Gasteiger partial charge in [0.2, 0.25) is 0 Å². The van der Waals surface area contributed by atoms with Gasteiger partial charge in [-0.05, 0) is 41.6 Å². The van der Waals surface area contributed by atoms with Gasteiger partial charge in [-0.1, -0.05) is 102 Å². The van der Waals surface area contributed by atoms with Gasteiger partial charge in [-0.2, -0.15) is 0 Å². The van der Waals surface area contributed by atoms with Crippen LogP contribution in [-0.2, 0) is 46.1 Å². The average Bonchev–Trinajstić information content (AvgIpc) is 3.38. The number of ether oxygens (including phenoxy) is 6. The molecule has 4 rings (SSSR count). The summed E-state index contributed by atoms with van der Waals surface area (Å²) in [5.41, 5.74) is 2.79. The number of hydrogen-bond donors (Lipinski definition) is 0. The molecule has 0 bridgehead atoms. The van der Waals surface area contributed by atoms with E-state index in [2.05, 4.69) is 65.8 Å². The van der Waals surface area contributed by atoms with Gasteiger partial charge in [0.25, 0.3) is 0 Å². The smallest absolute Gasteiger partial charge is 0.200 e. The Bertz CT molecular complexity index is 1060. The third kappa shape index (κ3) is 7.71. The van der Waals surface area contributed by atoms with Gasteiger partial charge in [0.05, 0.1) is 39.6 Å². The fourth-order valence-corrected chi connectivity index (χ4v) is 12.3. The molecule has 42 heavy (non-hydrogen) atoms. The monoisotopic (exact) mass is 600 g/mol. The zero-order valence-electron chi connectivity index (χ0n) is 26.8. The maximum Gasteiger partial charge on any atom is 0.200 e. The standard InChI is InChI=1S/C34H52O7Si/c1-25(2)42(26(3)4,27(5)6)38-20-19-35-23-34(24-36-21-28-15-11-9-12-16-28)31(37-22-29-17-13-10-14-18-29)30-32(41-34)40-33(7,8)39-30/h9-18,25-27,30-32H,19-24H2,1-8H3/t30-,31?,32+,34-/m1/s1. The largest absolute Gasteiger partial charge is 0.414 e. The summed E-state index contributed by atoms with van der Waals surface area (Å²) >= 11 is 0. The molecule has 2 saturated heterocycles. The number of fused-ring (bicyclic) bond motifs is 1. The second kappa shape index (κ2) is 14.4. The van der Waals surface area contributed by atoms with Crippen molar-refractivity contribution >= 4 is 8.32 Å². The Labute approximate surface area is 254 Å². The minimum atomic E-state index is -1.99. The van der Waals surface area contributed by atoms with E-state index in [0.717, 1.165) is 11.1 Å². The Hall–Kier alpha value is -1.62. The van der Waals surface area contributed by atoms with Crippen LogP contribution in [0.15, 0.2) is 60.7 Å². The fraction of sp³-hybridized carbons (Fsp3) is 0.647. The van der Waals surface area contributed by atoms with Crippen LogP contribution in [0.4, 0.5) is 0 Å². The van der Waals surface area contributed by atoms with Gasteiger partial charge < -0.3 is 32.8 Å². The second-order valence-electron chi connectivity index (χ2n) is 13.1. The number of hydrogen-bond acceptors (Lipinski definition) is 7. The number of benzene rings is 2. The van der Waals surface area contributed by atoms with Crippen LogP contribution in [0.3, 0.4) is 0 Å². The quantitative estimate of drug-likeness (QED) is 0.149. The highest BCUT2D eigenvalue weighted by Gasteiger charge is 2.63. The summed E-state index contributed by atoms with van der Waals surface area (Å²) < 4.78 is 45.2. The molecule has 0 aliphatic carbocycles. The first-order chi connectivity index (χ1) is 20.0. The van der Waals surface area contributed by atoms with Crippen LogP contribution in [-0.4, -0.2) is 64.6 Å². The predicted octanol–water partition coefficient (Wildman–Crippen LogP) is 7.24. The molecule has 0 saturated carbocycles. The molecule has 2 aromatic carbocycles. The Morgan fingerprint density at radius 2 is 1.24 bits per heavy atom. The van der Waals surface area contributed by atoms with Gasteiger partial charge in [-0.15, -0.1) is 0 Å². The molecule has 0 spiro atoms. The zero-order valence-corrected chi connectivity index (χ0v) is 27.8. The second-order valence-corrected chi connectivity index (χ2v) is 18.5. The maximum absolute atomic E-state index is 6.75. The summed E-state index contributed by atoms with van der Waals surface area (Å²) in [5, 5.41) is 0. The minimum absolute atomic E-state index is 0.268. The topological polar surface area (TPSA) is 64.6 Å². The molecular formula is C34H52O7Si. The van der Waals surface area contributed by atoms with Crippen molar-refractivity contribution in [3.63, 3.8) is 0 Å². The molecular weight excluding hydrogens is 548 g/mol. The van der Waals surface area contributed by atoms with Crippen molar-refractivity contribution < 1.29 is 32.8 Å². The van der Waals surface area contributed by atoms with Crippen LogP contribution in [0.5, 0.6) is 0 Å². The van der Waals surface area contributed by atoms with Crippen molar-refractivity contribution in [2.24, 2.45) is 0 Å². The maximum atomic E-state index is 6.75. The van der Waals surface area contributed by atoms with Crippen LogP contribution < -0.4 is 0 Å². The summed E-state index contributed by atoms with van der Waals surface area (Å²) in [5.74, 6) is -0.770. The molecule has 2 aliphatic rings. The lowest BCUT2D eigenvalue weighted by Gasteiger charge is -2.42. The van der Waals surface area contributed by atoms with Gasteiger partial charge in [-0.25, -0.2) is 0 Å². The first-order valence-electron chi connectivity index (χ1n) is 15.5. The van der Waals surface area contributed by atoms with Crippen LogP contribution in [0.2, 0.25) is 16.6 Å². The van der Waals surface area contributed by atoms with Gasteiger partial charge in [-0.3, -0.25) is 0 Å². The summed E-state index contributed by atoms with van der Waals surface area (Å²) in [6, 6.07) is 20.3. The highest BCUT2D eigenvalue weighted by atomic mass is 28.4. The molecule has 8 heteroatoms. The third-order valence-electron chi connectivity index (χ3n) is 8.62. The van der Waals surface area contributed by atoms with Crippen LogP contribution in [0, 0.1) is 0 Å². The molecule has 0 aromatic heterocycles. The third-order valence-corrected chi connectivity index (χ3v) is 14.7. The van der Waals surface area contributed by atoms with E-state index in [0.29, 0.717) is 43.1 Å². The SMILES string of the molecule is CC(C)[Si](OCCOC[C@]1(COCc2ccccc2)O[C@@H]2OC(C)(C)O[C@@H]2C1OCc1ccccc1)(C(C)C)C(C)C. The van der Waals surface area contributed by atoms with Crippen LogP contribution >= 0.6 is 0 Å². The molecule has 2 heterocycles. The highest BCUT2D eigenvalue weighted by molar-refractivity contribution is 6.77. The van der Waals surface area contributed by atoms with Gasteiger partial charge in [0.15, 0.2) is 20.4 Å². The average molecular weight is 601 g/mol. The molecule has 0 amide bonds. The van der Waals surface area contributed by atoms with Crippen molar-refractivity contribution in [3.8, 4) is 0 Å². The van der Waals surface area contributed by atoms with Crippen LogP contribution in [0.25, 0.3) is 0 Å². The van der Waals surface area contributed by atoms with E-state index < -0.39 is 38.2 Å². The van der Waals surface area contributed by atoms with Crippen LogP contribution in [0.1, 0.15) is 66.5 Å². The summed E-state index contributed by atoms with van der Waals surface area (Å²) in [4.78, 5) is 0. The van der Waals surface area contributed by atoms with Gasteiger partial charge >= 0.3 is 0 Å². The molecule has 1 unspecified atom stereocenters. The van der Waals surface area contributed by atoms with Gasteiger partial charge in [0, 0.05) is 0 Å². The molecule has 2 aromatic rings. The van der Waals surface area contributed by atoms with Crippen molar-refractivity contribution in [1.82, 2.24) is 0 Å². The lowest BCUT2D eigenvalue weighted by molar-refractivity contribution is -0.264. The van der Waals surface area contributed by atoms with Gasteiger partial charge in [0.1, 0.15) is 17.8 Å². The Morgan fingerprint density at radius 3 is 1.81 bits per heavy atom. The lowest BCUT2D eigenvalue weighted by atomic mass is 9.96. The van der Waals surface area contributed by atoms with E-state index in [4.69, 9.17) is 32.8 Å². The molecule has 234 valence electrons. The predicted molar refractivity (Wildman–Crippen MR) is 167 cm³/mol. The van der Waals surface area contributed by atoms with E-state index in [1.807, 2.05) is 50.2 Å². The Kier molecular flexibility index (Phi) is 11.4. The van der Waals surface area contributed by atoms with Crippen molar-refractivity contribution in [1.29, 1.82) is 0 Å². The first-order valence-corrected chi connectivity index (χ1v) is 17.7. The van der Waals surface area contributed by atoms with Crippen molar-refractivity contribution in [2.75, 3.05) is 26.4 Å².